The third kappa shape index (κ3) is 4.14. The van der Waals surface area contributed by atoms with Crippen LogP contribution in [0.15, 0.2) is 39.0 Å². The molecule has 0 N–H and O–H groups in total. The summed E-state index contributed by atoms with van der Waals surface area (Å²) in [5.74, 6) is -0.00497. The average molecular weight is 349 g/mol. The zero-order valence-electron chi connectivity index (χ0n) is 13.8. The molecule has 128 valence electrons. The van der Waals surface area contributed by atoms with Gasteiger partial charge >= 0.3 is 17.3 Å². The van der Waals surface area contributed by atoms with Gasteiger partial charge in [0.1, 0.15) is 6.54 Å². The second kappa shape index (κ2) is 7.96. The lowest BCUT2D eigenvalue weighted by Gasteiger charge is -2.13. The van der Waals surface area contributed by atoms with E-state index in [1.165, 1.54) is 23.4 Å². The largest absolute Gasteiger partial charge is 0.468 e. The van der Waals surface area contributed by atoms with Gasteiger partial charge in [-0.25, -0.2) is 14.2 Å². The van der Waals surface area contributed by atoms with Crippen LogP contribution in [0.1, 0.15) is 18.1 Å². The van der Waals surface area contributed by atoms with Crippen molar-refractivity contribution in [3.8, 4) is 0 Å². The molecule has 0 radical (unpaired) electrons. The van der Waals surface area contributed by atoms with Gasteiger partial charge in [0.15, 0.2) is 5.16 Å². The Bertz CT molecular complexity index is 840. The van der Waals surface area contributed by atoms with E-state index in [1.54, 1.807) is 0 Å². The van der Waals surface area contributed by atoms with Crippen LogP contribution >= 0.6 is 11.8 Å². The molecule has 1 aromatic heterocycles. The van der Waals surface area contributed by atoms with E-state index in [4.69, 9.17) is 0 Å². The van der Waals surface area contributed by atoms with Gasteiger partial charge in [-0.2, -0.15) is 4.98 Å². The van der Waals surface area contributed by atoms with Crippen molar-refractivity contribution in [1.29, 1.82) is 0 Å². The highest BCUT2D eigenvalue weighted by molar-refractivity contribution is 7.99. The maximum absolute atomic E-state index is 12.7. The van der Waals surface area contributed by atoms with E-state index in [0.29, 0.717) is 10.9 Å². The van der Waals surface area contributed by atoms with E-state index in [-0.39, 0.29) is 6.54 Å². The van der Waals surface area contributed by atoms with Crippen molar-refractivity contribution in [2.24, 2.45) is 0 Å². The number of carbonyl (C=O) groups excluding carboxylic acids is 1. The Hall–Kier alpha value is -2.35. The summed E-state index contributed by atoms with van der Waals surface area (Å²) >= 11 is 1.31. The summed E-state index contributed by atoms with van der Waals surface area (Å²) in [6, 6.07) is 7.73. The highest BCUT2D eigenvalue weighted by atomic mass is 32.2. The Morgan fingerprint density at radius 3 is 2.46 bits per heavy atom. The van der Waals surface area contributed by atoms with Crippen molar-refractivity contribution >= 4 is 17.7 Å². The highest BCUT2D eigenvalue weighted by Gasteiger charge is 2.16. The third-order valence-electron chi connectivity index (χ3n) is 3.36. The number of aromatic nitrogens is 3. The maximum atomic E-state index is 12.7. The first-order valence-corrected chi connectivity index (χ1v) is 8.41. The number of carbonyl (C=O) groups is 1. The summed E-state index contributed by atoms with van der Waals surface area (Å²) in [5.41, 5.74) is 0.701. The highest BCUT2D eigenvalue weighted by Crippen LogP contribution is 2.13. The monoisotopic (exact) mass is 349 g/mol. The molecule has 0 aliphatic carbocycles. The summed E-state index contributed by atoms with van der Waals surface area (Å²) in [6.45, 7) is 3.71. The van der Waals surface area contributed by atoms with Crippen LogP contribution in [-0.2, 0) is 22.6 Å². The van der Waals surface area contributed by atoms with Gasteiger partial charge in [0, 0.05) is 0 Å². The predicted octanol–water partition coefficient (Wildman–Crippen LogP) is 1.05. The molecule has 7 nitrogen and oxygen atoms in total. The molecule has 2 rings (SSSR count). The van der Waals surface area contributed by atoms with Gasteiger partial charge in [0.05, 0.1) is 13.7 Å². The Morgan fingerprint density at radius 1 is 1.21 bits per heavy atom. The predicted molar refractivity (Wildman–Crippen MR) is 91.5 cm³/mol. The van der Waals surface area contributed by atoms with Gasteiger partial charge in [-0.1, -0.05) is 48.5 Å². The minimum absolute atomic E-state index is 0.274. The third-order valence-corrected chi connectivity index (χ3v) is 4.22. The SMILES string of the molecule is CCSc1nc(=O)n(CC(=O)OC)c(=O)n1Cc1ccc(C)cc1. The fourth-order valence-electron chi connectivity index (χ4n) is 2.09. The van der Waals surface area contributed by atoms with Crippen LogP contribution in [-0.4, -0.2) is 33.0 Å². The van der Waals surface area contributed by atoms with E-state index in [0.717, 1.165) is 15.7 Å². The number of ether oxygens (including phenoxy) is 1. The normalized spacial score (nSPS) is 10.6. The molecule has 2 aromatic rings. The van der Waals surface area contributed by atoms with Crippen molar-refractivity contribution in [2.75, 3.05) is 12.9 Å². The van der Waals surface area contributed by atoms with Crippen molar-refractivity contribution in [2.45, 2.75) is 32.1 Å². The molecule has 24 heavy (non-hydrogen) atoms. The molecule has 0 fully saturated rings. The number of nitrogens with zero attached hydrogens (tertiary/aromatic N) is 3. The lowest BCUT2D eigenvalue weighted by atomic mass is 10.1. The molecule has 1 heterocycles. The van der Waals surface area contributed by atoms with Crippen molar-refractivity contribution in [3.63, 3.8) is 0 Å². The van der Waals surface area contributed by atoms with Crippen LogP contribution in [0.3, 0.4) is 0 Å². The number of hydrogen-bond donors (Lipinski definition) is 0. The van der Waals surface area contributed by atoms with E-state index in [9.17, 15) is 14.4 Å². The average Bonchev–Trinajstić information content (AvgIpc) is 2.56. The van der Waals surface area contributed by atoms with Gasteiger partial charge in [-0.3, -0.25) is 9.36 Å². The molecule has 8 heteroatoms. The molecule has 0 bridgehead atoms. The molecule has 0 saturated heterocycles. The molecule has 0 aliphatic heterocycles. The second-order valence-electron chi connectivity index (χ2n) is 5.13. The van der Waals surface area contributed by atoms with E-state index in [1.807, 2.05) is 38.1 Å². The standard InChI is InChI=1S/C16H19N3O4S/c1-4-24-15-17-14(21)18(10-13(20)23-3)16(22)19(15)9-12-7-5-11(2)6-8-12/h5-8H,4,9-10H2,1-3H3. The fourth-order valence-corrected chi connectivity index (χ4v) is 2.79. The Labute approximate surface area is 143 Å². The van der Waals surface area contributed by atoms with Crippen molar-refractivity contribution < 1.29 is 9.53 Å². The number of benzene rings is 1. The van der Waals surface area contributed by atoms with Crippen LogP contribution in [0.2, 0.25) is 0 Å². The first-order valence-electron chi connectivity index (χ1n) is 7.43. The van der Waals surface area contributed by atoms with Crippen LogP contribution < -0.4 is 11.4 Å². The van der Waals surface area contributed by atoms with Crippen LogP contribution in [0, 0.1) is 6.92 Å². The van der Waals surface area contributed by atoms with E-state index < -0.39 is 23.9 Å². The van der Waals surface area contributed by atoms with Gasteiger partial charge in [-0.15, -0.1) is 0 Å². The number of methoxy groups -OCH3 is 1. The molecule has 1 aromatic carbocycles. The van der Waals surface area contributed by atoms with Crippen molar-refractivity contribution in [3.05, 3.63) is 56.4 Å². The molecule has 0 saturated carbocycles. The number of thioether (sulfide) groups is 1. The molecule has 0 unspecified atom stereocenters. The lowest BCUT2D eigenvalue weighted by molar-refractivity contribution is -0.141. The molecule has 0 spiro atoms. The summed E-state index contributed by atoms with van der Waals surface area (Å²) in [5, 5.41) is 0.342. The minimum Gasteiger partial charge on any atom is -0.468 e. The topological polar surface area (TPSA) is 83.2 Å². The molecular weight excluding hydrogens is 330 g/mol. The summed E-state index contributed by atoms with van der Waals surface area (Å²) in [4.78, 5) is 40.1. The van der Waals surface area contributed by atoms with Gasteiger partial charge in [-0.05, 0) is 18.2 Å². The first-order chi connectivity index (χ1) is 11.5. The first kappa shape index (κ1) is 18.0. The number of esters is 1. The fraction of sp³-hybridized carbons (Fsp3) is 0.375. The van der Waals surface area contributed by atoms with Crippen LogP contribution in [0.25, 0.3) is 0 Å². The Morgan fingerprint density at radius 2 is 1.88 bits per heavy atom. The van der Waals surface area contributed by atoms with Crippen LogP contribution in [0.4, 0.5) is 0 Å². The zero-order chi connectivity index (χ0) is 17.7. The zero-order valence-corrected chi connectivity index (χ0v) is 14.6. The second-order valence-corrected chi connectivity index (χ2v) is 6.36. The smallest absolute Gasteiger partial charge is 0.354 e. The Balaban J connectivity index is 2.51. The molecule has 0 aliphatic rings. The molecular formula is C16H19N3O4S. The number of hydrogen-bond acceptors (Lipinski definition) is 6. The number of aryl methyl sites for hydroxylation is 1. The summed E-state index contributed by atoms with van der Waals surface area (Å²) in [6.07, 6.45) is 0. The summed E-state index contributed by atoms with van der Waals surface area (Å²) in [7, 11) is 1.20. The summed E-state index contributed by atoms with van der Waals surface area (Å²) < 4.78 is 6.73. The van der Waals surface area contributed by atoms with Gasteiger partial charge < -0.3 is 4.74 Å². The van der Waals surface area contributed by atoms with Crippen LogP contribution in [0.5, 0.6) is 0 Å². The Kier molecular flexibility index (Phi) is 5.97. The maximum Gasteiger partial charge on any atom is 0.354 e. The van der Waals surface area contributed by atoms with Gasteiger partial charge in [0.25, 0.3) is 0 Å². The molecule has 0 amide bonds. The number of rotatable bonds is 6. The molecule has 0 atom stereocenters. The quantitative estimate of drug-likeness (QED) is 0.572. The van der Waals surface area contributed by atoms with E-state index >= 15 is 0 Å². The minimum atomic E-state index is -0.749. The van der Waals surface area contributed by atoms with Gasteiger partial charge in [0.2, 0.25) is 0 Å². The van der Waals surface area contributed by atoms with E-state index in [2.05, 4.69) is 9.72 Å². The lowest BCUT2D eigenvalue weighted by Crippen LogP contribution is -2.44. The van der Waals surface area contributed by atoms with Crippen molar-refractivity contribution in [1.82, 2.24) is 14.1 Å².